The Bertz CT molecular complexity index is 416. The molecule has 0 aliphatic heterocycles. The number of phenolic OH excluding ortho intramolecular Hbond substituents is 1. The van der Waals surface area contributed by atoms with Crippen molar-refractivity contribution in [1.82, 2.24) is 5.32 Å². The predicted octanol–water partition coefficient (Wildman–Crippen LogP) is 4.58. The van der Waals surface area contributed by atoms with Gasteiger partial charge in [-0.05, 0) is 61.4 Å². The number of unbranched alkanes of at least 4 members (excludes halogenated alkanes) is 1. The van der Waals surface area contributed by atoms with Crippen molar-refractivity contribution in [3.8, 4) is 5.75 Å². The first-order valence-electron chi connectivity index (χ1n) is 8.29. The lowest BCUT2D eigenvalue weighted by atomic mass is 9.87. The molecule has 2 unspecified atom stereocenters. The highest BCUT2D eigenvalue weighted by atomic mass is 16.3. The topological polar surface area (TPSA) is 32.3 Å². The summed E-state index contributed by atoms with van der Waals surface area (Å²) in [5, 5.41) is 13.4. The van der Waals surface area contributed by atoms with Gasteiger partial charge in [0.05, 0.1) is 0 Å². The summed E-state index contributed by atoms with van der Waals surface area (Å²) in [7, 11) is 0. The van der Waals surface area contributed by atoms with E-state index in [1.54, 1.807) is 0 Å². The number of aryl methyl sites for hydroxylation is 1. The molecule has 112 valence electrons. The molecule has 2 heteroatoms. The van der Waals surface area contributed by atoms with Crippen LogP contribution in [-0.2, 0) is 6.42 Å². The fourth-order valence-corrected chi connectivity index (χ4v) is 3.27. The van der Waals surface area contributed by atoms with Gasteiger partial charge in [-0.3, -0.25) is 0 Å². The summed E-state index contributed by atoms with van der Waals surface area (Å²) < 4.78 is 0. The van der Waals surface area contributed by atoms with E-state index in [0.29, 0.717) is 11.8 Å². The first-order chi connectivity index (χ1) is 9.74. The Labute approximate surface area is 123 Å². The SMILES string of the molecule is CCCCC(CC)CNC1CCCc2cc(O)ccc21. The molecule has 2 atom stereocenters. The van der Waals surface area contributed by atoms with E-state index >= 15 is 0 Å². The molecule has 0 aromatic heterocycles. The largest absolute Gasteiger partial charge is 0.508 e. The second-order valence-electron chi connectivity index (χ2n) is 6.15. The van der Waals surface area contributed by atoms with Crippen LogP contribution in [0.25, 0.3) is 0 Å². The van der Waals surface area contributed by atoms with Crippen molar-refractivity contribution in [2.24, 2.45) is 5.92 Å². The number of hydrogen-bond acceptors (Lipinski definition) is 2. The van der Waals surface area contributed by atoms with Crippen molar-refractivity contribution in [3.63, 3.8) is 0 Å². The molecule has 0 heterocycles. The van der Waals surface area contributed by atoms with E-state index in [1.165, 1.54) is 49.7 Å². The van der Waals surface area contributed by atoms with E-state index in [2.05, 4.69) is 25.2 Å². The summed E-state index contributed by atoms with van der Waals surface area (Å²) >= 11 is 0. The maximum Gasteiger partial charge on any atom is 0.115 e. The van der Waals surface area contributed by atoms with Gasteiger partial charge >= 0.3 is 0 Å². The Morgan fingerprint density at radius 3 is 2.95 bits per heavy atom. The highest BCUT2D eigenvalue weighted by Gasteiger charge is 2.20. The highest BCUT2D eigenvalue weighted by molar-refractivity contribution is 5.38. The Hall–Kier alpha value is -1.02. The summed E-state index contributed by atoms with van der Waals surface area (Å²) in [5.41, 5.74) is 2.73. The Morgan fingerprint density at radius 1 is 1.35 bits per heavy atom. The number of nitrogens with one attached hydrogen (secondary N) is 1. The third-order valence-electron chi connectivity index (χ3n) is 4.64. The molecule has 0 saturated heterocycles. The monoisotopic (exact) mass is 275 g/mol. The third-order valence-corrected chi connectivity index (χ3v) is 4.64. The van der Waals surface area contributed by atoms with Crippen LogP contribution in [0.5, 0.6) is 5.75 Å². The lowest BCUT2D eigenvalue weighted by Crippen LogP contribution is -2.29. The van der Waals surface area contributed by atoms with Crippen molar-refractivity contribution >= 4 is 0 Å². The smallest absolute Gasteiger partial charge is 0.115 e. The van der Waals surface area contributed by atoms with Crippen LogP contribution in [0.2, 0.25) is 0 Å². The molecule has 1 aromatic carbocycles. The van der Waals surface area contributed by atoms with Crippen LogP contribution in [0.4, 0.5) is 0 Å². The van der Waals surface area contributed by atoms with Gasteiger partial charge in [0, 0.05) is 6.04 Å². The van der Waals surface area contributed by atoms with Gasteiger partial charge in [-0.15, -0.1) is 0 Å². The van der Waals surface area contributed by atoms with Crippen LogP contribution in [-0.4, -0.2) is 11.7 Å². The van der Waals surface area contributed by atoms with Gasteiger partial charge in [-0.1, -0.05) is 39.2 Å². The zero-order valence-electron chi connectivity index (χ0n) is 13.0. The quantitative estimate of drug-likeness (QED) is 0.763. The minimum Gasteiger partial charge on any atom is -0.508 e. The summed E-state index contributed by atoms with van der Waals surface area (Å²) in [6.07, 6.45) is 8.80. The minimum absolute atomic E-state index is 0.402. The summed E-state index contributed by atoms with van der Waals surface area (Å²) in [6.45, 7) is 5.69. The standard InChI is InChI=1S/C18H29NO/c1-3-5-7-14(4-2)13-19-18-9-6-8-15-12-16(20)10-11-17(15)18/h10-12,14,18-20H,3-9,13H2,1-2H3. The van der Waals surface area contributed by atoms with Crippen molar-refractivity contribution in [2.45, 2.75) is 64.8 Å². The highest BCUT2D eigenvalue weighted by Crippen LogP contribution is 2.32. The molecule has 0 saturated carbocycles. The maximum atomic E-state index is 9.61. The van der Waals surface area contributed by atoms with Gasteiger partial charge in [0.2, 0.25) is 0 Å². The molecule has 0 fully saturated rings. The van der Waals surface area contributed by atoms with E-state index < -0.39 is 0 Å². The second kappa shape index (κ2) is 7.68. The number of hydrogen-bond donors (Lipinski definition) is 2. The molecular weight excluding hydrogens is 246 g/mol. The first-order valence-corrected chi connectivity index (χ1v) is 8.29. The van der Waals surface area contributed by atoms with Gasteiger partial charge < -0.3 is 10.4 Å². The summed E-state index contributed by atoms with van der Waals surface area (Å²) in [5.74, 6) is 1.20. The van der Waals surface area contributed by atoms with E-state index in [9.17, 15) is 5.11 Å². The average molecular weight is 275 g/mol. The Kier molecular flexibility index (Phi) is 5.90. The lowest BCUT2D eigenvalue weighted by Gasteiger charge is -2.28. The lowest BCUT2D eigenvalue weighted by molar-refractivity contribution is 0.370. The van der Waals surface area contributed by atoms with E-state index in [1.807, 2.05) is 12.1 Å². The molecular formula is C18H29NO. The number of benzene rings is 1. The fourth-order valence-electron chi connectivity index (χ4n) is 3.27. The van der Waals surface area contributed by atoms with Crippen molar-refractivity contribution in [1.29, 1.82) is 0 Å². The number of rotatable bonds is 7. The van der Waals surface area contributed by atoms with Crippen LogP contribution < -0.4 is 5.32 Å². The van der Waals surface area contributed by atoms with Crippen LogP contribution in [0.3, 0.4) is 0 Å². The van der Waals surface area contributed by atoms with Gasteiger partial charge in [0.1, 0.15) is 5.75 Å². The fraction of sp³-hybridized carbons (Fsp3) is 0.667. The van der Waals surface area contributed by atoms with Crippen molar-refractivity contribution in [2.75, 3.05) is 6.54 Å². The van der Waals surface area contributed by atoms with Gasteiger partial charge in [-0.2, -0.15) is 0 Å². The Balaban J connectivity index is 1.94. The van der Waals surface area contributed by atoms with E-state index in [4.69, 9.17) is 0 Å². The van der Waals surface area contributed by atoms with Crippen LogP contribution in [0, 0.1) is 5.92 Å². The molecule has 20 heavy (non-hydrogen) atoms. The normalized spacial score (nSPS) is 19.6. The van der Waals surface area contributed by atoms with Gasteiger partial charge in [0.15, 0.2) is 0 Å². The predicted molar refractivity (Wildman–Crippen MR) is 85.1 cm³/mol. The first kappa shape index (κ1) is 15.4. The van der Waals surface area contributed by atoms with Crippen LogP contribution in [0.1, 0.15) is 69.5 Å². The number of phenols is 1. The molecule has 0 amide bonds. The van der Waals surface area contributed by atoms with E-state index in [0.717, 1.165) is 18.9 Å². The maximum absolute atomic E-state index is 9.61. The Morgan fingerprint density at radius 2 is 2.20 bits per heavy atom. The van der Waals surface area contributed by atoms with Crippen molar-refractivity contribution < 1.29 is 5.11 Å². The number of aromatic hydroxyl groups is 1. The molecule has 1 aliphatic carbocycles. The summed E-state index contributed by atoms with van der Waals surface area (Å²) in [6, 6.07) is 6.36. The molecule has 1 aromatic rings. The molecule has 0 radical (unpaired) electrons. The van der Waals surface area contributed by atoms with Crippen molar-refractivity contribution in [3.05, 3.63) is 29.3 Å². The molecule has 0 bridgehead atoms. The van der Waals surface area contributed by atoms with Gasteiger partial charge in [0.25, 0.3) is 0 Å². The molecule has 1 aliphatic rings. The minimum atomic E-state index is 0.402. The zero-order valence-corrected chi connectivity index (χ0v) is 13.0. The number of fused-ring (bicyclic) bond motifs is 1. The third kappa shape index (κ3) is 3.99. The molecule has 2 rings (SSSR count). The van der Waals surface area contributed by atoms with E-state index in [-0.39, 0.29) is 0 Å². The zero-order chi connectivity index (χ0) is 14.4. The average Bonchev–Trinajstić information content (AvgIpc) is 2.47. The van der Waals surface area contributed by atoms with Crippen LogP contribution >= 0.6 is 0 Å². The summed E-state index contributed by atoms with van der Waals surface area (Å²) in [4.78, 5) is 0. The molecule has 0 spiro atoms. The molecule has 2 N–H and O–H groups in total. The van der Waals surface area contributed by atoms with Gasteiger partial charge in [-0.25, -0.2) is 0 Å². The second-order valence-corrected chi connectivity index (χ2v) is 6.15. The molecule has 2 nitrogen and oxygen atoms in total. The van der Waals surface area contributed by atoms with Crippen LogP contribution in [0.15, 0.2) is 18.2 Å².